The van der Waals surface area contributed by atoms with Gasteiger partial charge < -0.3 is 4.57 Å². The molecule has 108 valence electrons. The maximum Gasteiger partial charge on any atom is 0.0880 e. The molecule has 1 aliphatic heterocycles. The highest BCUT2D eigenvalue weighted by Gasteiger charge is 2.30. The highest BCUT2D eigenvalue weighted by Crippen LogP contribution is 2.42. The summed E-state index contributed by atoms with van der Waals surface area (Å²) in [5.41, 5.74) is 7.19. The molecule has 2 heterocycles. The van der Waals surface area contributed by atoms with Gasteiger partial charge in [-0.2, -0.15) is 0 Å². The second-order valence-electron chi connectivity index (χ2n) is 5.83. The van der Waals surface area contributed by atoms with Crippen molar-refractivity contribution in [1.29, 1.82) is 5.41 Å². The summed E-state index contributed by atoms with van der Waals surface area (Å²) in [7, 11) is 0. The molecule has 0 saturated heterocycles. The number of hydrogen-bond acceptors (Lipinski definition) is 1. The van der Waals surface area contributed by atoms with E-state index in [0.29, 0.717) is 5.71 Å². The van der Waals surface area contributed by atoms with Crippen LogP contribution in [0.5, 0.6) is 0 Å². The predicted molar refractivity (Wildman–Crippen MR) is 94.6 cm³/mol. The normalized spacial score (nSPS) is 12.4. The van der Waals surface area contributed by atoms with Crippen LogP contribution in [0, 0.1) is 5.41 Å². The van der Waals surface area contributed by atoms with E-state index in [0.717, 1.165) is 33.6 Å². The molecule has 3 aromatic carbocycles. The van der Waals surface area contributed by atoms with Gasteiger partial charge in [0.05, 0.1) is 22.6 Å². The van der Waals surface area contributed by atoms with Crippen LogP contribution in [0.4, 0.5) is 0 Å². The summed E-state index contributed by atoms with van der Waals surface area (Å²) in [4.78, 5) is 0. The minimum atomic E-state index is 0.607. The standard InChI is InChI=1S/C21H14N2/c22-20-16-11-5-7-13-18(16)23-17-12-6-4-10-15(17)19(21(20)23)14-8-2-1-3-9-14/h1-13,22H. The molecule has 1 N–H and O–H groups in total. The largest absolute Gasteiger partial charge is 0.306 e. The molecule has 1 aliphatic rings. The predicted octanol–water partition coefficient (Wildman–Crippen LogP) is 5.03. The number of para-hydroxylation sites is 2. The zero-order valence-electron chi connectivity index (χ0n) is 12.5. The first-order valence-corrected chi connectivity index (χ1v) is 7.74. The lowest BCUT2D eigenvalue weighted by Gasteiger charge is -2.04. The first kappa shape index (κ1) is 12.4. The SMILES string of the molecule is N=C1c2ccccc2-n2c1c(-c1ccccc1)c1ccccc12. The highest BCUT2D eigenvalue weighted by molar-refractivity contribution is 6.23. The molecule has 5 rings (SSSR count). The maximum atomic E-state index is 8.71. The van der Waals surface area contributed by atoms with E-state index < -0.39 is 0 Å². The van der Waals surface area contributed by atoms with Crippen molar-refractivity contribution in [2.24, 2.45) is 0 Å². The third kappa shape index (κ3) is 1.55. The van der Waals surface area contributed by atoms with Gasteiger partial charge in [0.1, 0.15) is 0 Å². The van der Waals surface area contributed by atoms with Crippen molar-refractivity contribution in [2.45, 2.75) is 0 Å². The number of nitrogens with zero attached hydrogens (tertiary/aromatic N) is 1. The Morgan fingerprint density at radius 1 is 0.696 bits per heavy atom. The van der Waals surface area contributed by atoms with Crippen molar-refractivity contribution in [3.05, 3.63) is 90.1 Å². The Morgan fingerprint density at radius 3 is 2.26 bits per heavy atom. The lowest BCUT2D eigenvalue weighted by molar-refractivity contribution is 1.14. The van der Waals surface area contributed by atoms with Crippen molar-refractivity contribution in [3.8, 4) is 16.8 Å². The summed E-state index contributed by atoms with van der Waals surface area (Å²) in [5.74, 6) is 0. The lowest BCUT2D eigenvalue weighted by atomic mass is 9.98. The summed E-state index contributed by atoms with van der Waals surface area (Å²) in [6, 6.07) is 27.0. The lowest BCUT2D eigenvalue weighted by Crippen LogP contribution is -1.98. The second kappa shape index (κ2) is 4.43. The molecule has 2 heteroatoms. The Labute approximate surface area is 134 Å². The van der Waals surface area contributed by atoms with Crippen LogP contribution >= 0.6 is 0 Å². The Balaban J connectivity index is 1.98. The molecule has 4 aromatic rings. The van der Waals surface area contributed by atoms with Crippen molar-refractivity contribution in [1.82, 2.24) is 4.57 Å². The Bertz CT molecular complexity index is 1060. The van der Waals surface area contributed by atoms with Gasteiger partial charge in [-0.3, -0.25) is 5.41 Å². The van der Waals surface area contributed by atoms with Gasteiger partial charge in [-0.05, 0) is 17.7 Å². The number of aromatic nitrogens is 1. The molecule has 0 amide bonds. The first-order valence-electron chi connectivity index (χ1n) is 7.74. The van der Waals surface area contributed by atoms with E-state index in [2.05, 4.69) is 59.2 Å². The molecule has 23 heavy (non-hydrogen) atoms. The molecular formula is C21H14N2. The summed E-state index contributed by atoms with van der Waals surface area (Å²) >= 11 is 0. The number of fused-ring (bicyclic) bond motifs is 5. The fourth-order valence-electron chi connectivity index (χ4n) is 3.63. The number of hydrogen-bond donors (Lipinski definition) is 1. The molecule has 0 atom stereocenters. The van der Waals surface area contributed by atoms with Crippen LogP contribution in [0.1, 0.15) is 11.3 Å². The van der Waals surface area contributed by atoms with Gasteiger partial charge >= 0.3 is 0 Å². The summed E-state index contributed by atoms with van der Waals surface area (Å²) in [6.07, 6.45) is 0. The van der Waals surface area contributed by atoms with E-state index in [4.69, 9.17) is 5.41 Å². The van der Waals surface area contributed by atoms with Gasteiger partial charge in [0.25, 0.3) is 0 Å². The van der Waals surface area contributed by atoms with E-state index in [1.165, 1.54) is 5.39 Å². The van der Waals surface area contributed by atoms with Crippen molar-refractivity contribution < 1.29 is 0 Å². The zero-order valence-corrected chi connectivity index (χ0v) is 12.5. The molecule has 0 aliphatic carbocycles. The van der Waals surface area contributed by atoms with Gasteiger partial charge in [-0.15, -0.1) is 0 Å². The Kier molecular flexibility index (Phi) is 2.39. The first-order chi connectivity index (χ1) is 11.4. The average Bonchev–Trinajstić information content (AvgIpc) is 3.10. The molecule has 0 saturated carbocycles. The van der Waals surface area contributed by atoms with Gasteiger partial charge in [0, 0.05) is 16.5 Å². The molecular weight excluding hydrogens is 280 g/mol. The van der Waals surface area contributed by atoms with E-state index in [9.17, 15) is 0 Å². The van der Waals surface area contributed by atoms with Crippen molar-refractivity contribution in [2.75, 3.05) is 0 Å². The molecule has 0 fully saturated rings. The van der Waals surface area contributed by atoms with E-state index >= 15 is 0 Å². The van der Waals surface area contributed by atoms with Gasteiger partial charge in [0.15, 0.2) is 0 Å². The zero-order chi connectivity index (χ0) is 15.4. The fourth-order valence-corrected chi connectivity index (χ4v) is 3.63. The third-order valence-electron chi connectivity index (χ3n) is 4.59. The second-order valence-corrected chi connectivity index (χ2v) is 5.83. The van der Waals surface area contributed by atoms with Crippen LogP contribution < -0.4 is 0 Å². The molecule has 0 bridgehead atoms. The third-order valence-corrected chi connectivity index (χ3v) is 4.59. The average molecular weight is 294 g/mol. The quantitative estimate of drug-likeness (QED) is 0.449. The maximum absolute atomic E-state index is 8.71. The van der Waals surface area contributed by atoms with E-state index in [1.807, 2.05) is 24.3 Å². The van der Waals surface area contributed by atoms with Crippen LogP contribution in [0.15, 0.2) is 78.9 Å². The van der Waals surface area contributed by atoms with Gasteiger partial charge in [0.2, 0.25) is 0 Å². The Morgan fingerprint density at radius 2 is 1.39 bits per heavy atom. The van der Waals surface area contributed by atoms with Crippen LogP contribution in [0.3, 0.4) is 0 Å². The topological polar surface area (TPSA) is 28.8 Å². The minimum Gasteiger partial charge on any atom is -0.306 e. The van der Waals surface area contributed by atoms with Gasteiger partial charge in [-0.25, -0.2) is 0 Å². The van der Waals surface area contributed by atoms with Crippen LogP contribution in [-0.4, -0.2) is 10.3 Å². The molecule has 0 unspecified atom stereocenters. The van der Waals surface area contributed by atoms with Gasteiger partial charge in [-0.1, -0.05) is 66.7 Å². The van der Waals surface area contributed by atoms with Crippen molar-refractivity contribution >= 4 is 16.6 Å². The monoisotopic (exact) mass is 294 g/mol. The van der Waals surface area contributed by atoms with E-state index in [-0.39, 0.29) is 0 Å². The molecule has 1 aromatic heterocycles. The van der Waals surface area contributed by atoms with E-state index in [1.54, 1.807) is 0 Å². The number of nitrogens with one attached hydrogen (secondary N) is 1. The highest BCUT2D eigenvalue weighted by atomic mass is 15.0. The summed E-state index contributed by atoms with van der Waals surface area (Å²) in [5, 5.41) is 9.92. The number of benzene rings is 3. The fraction of sp³-hybridized carbons (Fsp3) is 0. The smallest absolute Gasteiger partial charge is 0.0880 e. The number of rotatable bonds is 1. The summed E-state index contributed by atoms with van der Waals surface area (Å²) in [6.45, 7) is 0. The van der Waals surface area contributed by atoms with Crippen LogP contribution in [0.25, 0.3) is 27.7 Å². The molecule has 0 radical (unpaired) electrons. The molecule has 2 nitrogen and oxygen atoms in total. The van der Waals surface area contributed by atoms with Crippen LogP contribution in [0.2, 0.25) is 0 Å². The molecule has 0 spiro atoms. The Hall–Kier alpha value is -3.13. The van der Waals surface area contributed by atoms with Crippen molar-refractivity contribution in [3.63, 3.8) is 0 Å². The van der Waals surface area contributed by atoms with Crippen LogP contribution in [-0.2, 0) is 0 Å². The minimum absolute atomic E-state index is 0.607. The summed E-state index contributed by atoms with van der Waals surface area (Å²) < 4.78 is 2.23.